The van der Waals surface area contributed by atoms with Crippen LogP contribution in [0.15, 0.2) is 47.3 Å². The number of nitrogens with zero attached hydrogens (tertiary/aromatic N) is 4. The lowest BCUT2D eigenvalue weighted by molar-refractivity contribution is -0.138. The molecule has 1 saturated heterocycles. The molecule has 1 aromatic carbocycles. The molecule has 1 amide bonds. The zero-order valence-corrected chi connectivity index (χ0v) is 22.7. The van der Waals surface area contributed by atoms with E-state index in [1.54, 1.807) is 40.4 Å². The predicted octanol–water partition coefficient (Wildman–Crippen LogP) is 3.04. The first-order valence-electron chi connectivity index (χ1n) is 12.5. The summed E-state index contributed by atoms with van der Waals surface area (Å²) >= 11 is 1.55. The standard InChI is InChI=1S/C26H33N5O6S/c1-5-11-36-24(33)22-17(3)27-25-28-26(38-14-6-2)29-31(25)23(22)18-7-8-19(20(15-18)34-4)37-16-21(32)30-9-12-35-13-10-30/h5,7-8,15,23H,1,6,9-14,16H2,2-4H3,(H,27,28,29). The minimum atomic E-state index is -0.620. The topological polar surface area (TPSA) is 117 Å². The Morgan fingerprint density at radius 2 is 2.08 bits per heavy atom. The molecular formula is C26H33N5O6S. The average molecular weight is 544 g/mol. The first kappa shape index (κ1) is 27.5. The molecule has 1 aromatic heterocycles. The van der Waals surface area contributed by atoms with Gasteiger partial charge < -0.3 is 29.2 Å². The van der Waals surface area contributed by atoms with E-state index in [0.29, 0.717) is 60.2 Å². The normalized spacial score (nSPS) is 16.9. The van der Waals surface area contributed by atoms with Gasteiger partial charge in [-0.3, -0.25) is 4.79 Å². The van der Waals surface area contributed by atoms with E-state index in [1.165, 1.54) is 13.2 Å². The Morgan fingerprint density at radius 3 is 2.79 bits per heavy atom. The van der Waals surface area contributed by atoms with Gasteiger partial charge in [-0.25, -0.2) is 9.48 Å². The molecule has 1 atom stereocenters. The molecule has 0 bridgehead atoms. The van der Waals surface area contributed by atoms with Crippen molar-refractivity contribution in [2.45, 2.75) is 31.5 Å². The molecule has 11 nitrogen and oxygen atoms in total. The number of fused-ring (bicyclic) bond motifs is 1. The molecule has 0 saturated carbocycles. The maximum atomic E-state index is 13.1. The maximum absolute atomic E-state index is 13.1. The molecule has 1 unspecified atom stereocenters. The van der Waals surface area contributed by atoms with Crippen LogP contribution in [-0.2, 0) is 19.1 Å². The molecule has 0 radical (unpaired) electrons. The second kappa shape index (κ2) is 12.8. The molecule has 0 aliphatic carbocycles. The van der Waals surface area contributed by atoms with Crippen molar-refractivity contribution >= 4 is 29.6 Å². The summed E-state index contributed by atoms with van der Waals surface area (Å²) in [7, 11) is 1.53. The molecule has 3 heterocycles. The molecule has 12 heteroatoms. The highest BCUT2D eigenvalue weighted by Gasteiger charge is 2.35. The fourth-order valence-corrected chi connectivity index (χ4v) is 4.87. The van der Waals surface area contributed by atoms with E-state index in [1.807, 2.05) is 6.07 Å². The SMILES string of the molecule is C=CCOC(=O)C1=C(C)Nc2nc(SCCC)nn2C1c1ccc(OCC(=O)N2CCOCC2)c(OC)c1. The number of methoxy groups -OCH3 is 1. The number of rotatable bonds is 11. The van der Waals surface area contributed by atoms with Gasteiger partial charge in [-0.05, 0) is 31.0 Å². The molecular weight excluding hydrogens is 510 g/mol. The van der Waals surface area contributed by atoms with Gasteiger partial charge >= 0.3 is 5.97 Å². The fraction of sp³-hybridized carbons (Fsp3) is 0.462. The number of benzene rings is 1. The number of amides is 1. The molecule has 2 aliphatic heterocycles. The van der Waals surface area contributed by atoms with Crippen LogP contribution in [0.25, 0.3) is 0 Å². The van der Waals surface area contributed by atoms with Crippen molar-refractivity contribution in [1.82, 2.24) is 19.7 Å². The zero-order chi connectivity index (χ0) is 27.1. The third kappa shape index (κ3) is 6.13. The lowest BCUT2D eigenvalue weighted by Gasteiger charge is -2.28. The number of carbonyl (C=O) groups excluding carboxylic acids is 2. The minimum absolute atomic E-state index is 0.0808. The summed E-state index contributed by atoms with van der Waals surface area (Å²) in [5.41, 5.74) is 1.74. The number of aromatic nitrogens is 3. The van der Waals surface area contributed by atoms with Crippen LogP contribution < -0.4 is 14.8 Å². The van der Waals surface area contributed by atoms with E-state index < -0.39 is 12.0 Å². The number of allylic oxidation sites excluding steroid dienone is 1. The van der Waals surface area contributed by atoms with E-state index in [-0.39, 0.29) is 19.1 Å². The summed E-state index contributed by atoms with van der Waals surface area (Å²) < 4.78 is 23.8. The second-order valence-electron chi connectivity index (χ2n) is 8.66. The third-order valence-electron chi connectivity index (χ3n) is 6.04. The lowest BCUT2D eigenvalue weighted by Crippen LogP contribution is -2.43. The molecule has 4 rings (SSSR count). The number of thioether (sulfide) groups is 1. The molecule has 2 aromatic rings. The summed E-state index contributed by atoms with van der Waals surface area (Å²) in [6, 6.07) is 4.72. The van der Waals surface area contributed by atoms with Crippen molar-refractivity contribution in [3.05, 3.63) is 47.7 Å². The van der Waals surface area contributed by atoms with Gasteiger partial charge in [0.25, 0.3) is 5.91 Å². The highest BCUT2D eigenvalue weighted by Crippen LogP contribution is 2.39. The first-order valence-corrected chi connectivity index (χ1v) is 13.5. The Labute approximate surface area is 226 Å². The Bertz CT molecular complexity index is 1210. The van der Waals surface area contributed by atoms with Crippen LogP contribution >= 0.6 is 11.8 Å². The Balaban J connectivity index is 1.64. The van der Waals surface area contributed by atoms with E-state index in [9.17, 15) is 9.59 Å². The van der Waals surface area contributed by atoms with Crippen LogP contribution in [-0.4, -0.2) is 83.9 Å². The third-order valence-corrected chi connectivity index (χ3v) is 7.08. The number of ether oxygens (including phenoxy) is 4. The smallest absolute Gasteiger partial charge is 0.338 e. The van der Waals surface area contributed by atoms with Gasteiger partial charge in [0.1, 0.15) is 12.6 Å². The average Bonchev–Trinajstić information content (AvgIpc) is 3.35. The van der Waals surface area contributed by atoms with Crippen LogP contribution in [0, 0.1) is 0 Å². The summed E-state index contributed by atoms with van der Waals surface area (Å²) in [6.45, 7) is 9.62. The number of hydrogen-bond donors (Lipinski definition) is 1. The van der Waals surface area contributed by atoms with E-state index in [0.717, 1.165) is 17.7 Å². The Kier molecular flexibility index (Phi) is 9.29. The Hall–Kier alpha value is -3.51. The quantitative estimate of drug-likeness (QED) is 0.257. The van der Waals surface area contributed by atoms with Gasteiger partial charge in [0.15, 0.2) is 18.1 Å². The van der Waals surface area contributed by atoms with Gasteiger partial charge in [0.05, 0.1) is 25.9 Å². The number of morpholine rings is 1. The van der Waals surface area contributed by atoms with Crippen molar-refractivity contribution in [2.24, 2.45) is 0 Å². The highest BCUT2D eigenvalue weighted by atomic mass is 32.2. The van der Waals surface area contributed by atoms with Gasteiger partial charge in [-0.1, -0.05) is 37.4 Å². The van der Waals surface area contributed by atoms with Crippen LogP contribution in [0.5, 0.6) is 11.5 Å². The highest BCUT2D eigenvalue weighted by molar-refractivity contribution is 7.99. The summed E-state index contributed by atoms with van der Waals surface area (Å²) in [4.78, 5) is 32.0. The number of hydrogen-bond acceptors (Lipinski definition) is 10. The summed E-state index contributed by atoms with van der Waals surface area (Å²) in [6.07, 6.45) is 2.50. The van der Waals surface area contributed by atoms with Crippen molar-refractivity contribution in [3.8, 4) is 11.5 Å². The Morgan fingerprint density at radius 1 is 1.29 bits per heavy atom. The number of nitrogens with one attached hydrogen (secondary N) is 1. The van der Waals surface area contributed by atoms with E-state index in [4.69, 9.17) is 24.0 Å². The maximum Gasteiger partial charge on any atom is 0.338 e. The van der Waals surface area contributed by atoms with Gasteiger partial charge in [0.2, 0.25) is 11.1 Å². The van der Waals surface area contributed by atoms with Crippen molar-refractivity contribution in [2.75, 3.05) is 57.7 Å². The summed E-state index contributed by atoms with van der Waals surface area (Å²) in [5.74, 6) is 1.64. The molecule has 0 spiro atoms. The van der Waals surface area contributed by atoms with Crippen molar-refractivity contribution < 1.29 is 28.5 Å². The van der Waals surface area contributed by atoms with Gasteiger partial charge in [-0.2, -0.15) is 4.98 Å². The van der Waals surface area contributed by atoms with Crippen LogP contribution in [0.2, 0.25) is 0 Å². The zero-order valence-electron chi connectivity index (χ0n) is 21.9. The number of anilines is 1. The first-order chi connectivity index (χ1) is 18.5. The van der Waals surface area contributed by atoms with Crippen molar-refractivity contribution in [1.29, 1.82) is 0 Å². The van der Waals surface area contributed by atoms with Gasteiger partial charge in [-0.15, -0.1) is 5.10 Å². The molecule has 204 valence electrons. The predicted molar refractivity (Wildman–Crippen MR) is 143 cm³/mol. The lowest BCUT2D eigenvalue weighted by atomic mass is 9.95. The fourth-order valence-electron chi connectivity index (χ4n) is 4.19. The van der Waals surface area contributed by atoms with Crippen molar-refractivity contribution in [3.63, 3.8) is 0 Å². The van der Waals surface area contributed by atoms with Crippen LogP contribution in [0.3, 0.4) is 0 Å². The van der Waals surface area contributed by atoms with E-state index >= 15 is 0 Å². The largest absolute Gasteiger partial charge is 0.493 e. The monoisotopic (exact) mass is 543 g/mol. The number of carbonyl (C=O) groups is 2. The summed E-state index contributed by atoms with van der Waals surface area (Å²) in [5, 5.41) is 8.50. The van der Waals surface area contributed by atoms with Crippen LogP contribution in [0.4, 0.5) is 5.95 Å². The molecule has 2 aliphatic rings. The molecule has 1 fully saturated rings. The minimum Gasteiger partial charge on any atom is -0.493 e. The molecule has 38 heavy (non-hydrogen) atoms. The number of esters is 1. The van der Waals surface area contributed by atoms with E-state index in [2.05, 4.69) is 23.8 Å². The van der Waals surface area contributed by atoms with Crippen LogP contribution in [0.1, 0.15) is 31.9 Å². The second-order valence-corrected chi connectivity index (χ2v) is 9.72. The molecule has 1 N–H and O–H groups in total. The van der Waals surface area contributed by atoms with Gasteiger partial charge in [0, 0.05) is 24.5 Å².